The molecule has 0 aliphatic heterocycles. The highest BCUT2D eigenvalue weighted by atomic mass is 16.4. The Kier molecular flexibility index (Phi) is 4.05. The lowest BCUT2D eigenvalue weighted by Crippen LogP contribution is -2.45. The minimum Gasteiger partial charge on any atom is -0.478 e. The molecule has 8 saturated carbocycles. The fourth-order valence-corrected chi connectivity index (χ4v) is 11.1. The summed E-state index contributed by atoms with van der Waals surface area (Å²) in [6, 6.07) is 11.1. The quantitative estimate of drug-likeness (QED) is 0.533. The zero-order chi connectivity index (χ0) is 21.8. The maximum Gasteiger partial charge on any atom is 0.336 e. The van der Waals surface area contributed by atoms with Crippen LogP contribution >= 0.6 is 0 Å². The van der Waals surface area contributed by atoms with E-state index in [1.54, 1.807) is 0 Å². The highest BCUT2D eigenvalue weighted by Crippen LogP contribution is 2.63. The molecule has 0 unspecified atom stereocenters. The van der Waals surface area contributed by atoms with Gasteiger partial charge in [0.2, 0.25) is 0 Å². The van der Waals surface area contributed by atoms with Gasteiger partial charge in [-0.2, -0.15) is 0 Å². The largest absolute Gasteiger partial charge is 0.478 e. The Morgan fingerprint density at radius 3 is 1.67 bits per heavy atom. The van der Waals surface area contributed by atoms with Gasteiger partial charge in [0, 0.05) is 0 Å². The number of hydrogen-bond acceptors (Lipinski definition) is 1. The minimum atomic E-state index is -0.645. The molecule has 2 heteroatoms. The van der Waals surface area contributed by atoms with Crippen molar-refractivity contribution in [1.82, 2.24) is 0 Å². The Morgan fingerprint density at radius 2 is 1.15 bits per heavy atom. The summed E-state index contributed by atoms with van der Waals surface area (Å²) >= 11 is 0. The molecule has 8 aliphatic rings. The van der Waals surface area contributed by atoms with Gasteiger partial charge >= 0.3 is 5.97 Å². The van der Waals surface area contributed by atoms with E-state index in [1.165, 1.54) is 86.1 Å². The van der Waals surface area contributed by atoms with E-state index in [1.807, 2.05) is 0 Å². The summed E-state index contributed by atoms with van der Waals surface area (Å²) in [4.78, 5) is 13.2. The molecule has 8 bridgehead atoms. The van der Waals surface area contributed by atoms with Crippen LogP contribution in [0.3, 0.4) is 0 Å². The number of rotatable bonds is 3. The van der Waals surface area contributed by atoms with Crippen LogP contribution in [0.4, 0.5) is 0 Å². The molecule has 1 N–H and O–H groups in total. The van der Waals surface area contributed by atoms with Gasteiger partial charge in [0.15, 0.2) is 0 Å². The van der Waals surface area contributed by atoms with Crippen LogP contribution in [-0.4, -0.2) is 11.1 Å². The van der Waals surface area contributed by atoms with E-state index >= 15 is 0 Å². The number of hydrogen-bond donors (Lipinski definition) is 1. The second kappa shape index (κ2) is 6.86. The van der Waals surface area contributed by atoms with Crippen molar-refractivity contribution in [3.8, 4) is 0 Å². The van der Waals surface area contributed by atoms with Gasteiger partial charge in [-0.1, -0.05) is 24.3 Å². The van der Waals surface area contributed by atoms with E-state index in [-0.39, 0.29) is 0 Å². The van der Waals surface area contributed by atoms with Gasteiger partial charge in [0.25, 0.3) is 0 Å². The number of fused-ring (bicyclic) bond motifs is 1. The van der Waals surface area contributed by atoms with Crippen molar-refractivity contribution >= 4 is 16.7 Å². The Morgan fingerprint density at radius 1 is 0.667 bits per heavy atom. The zero-order valence-corrected chi connectivity index (χ0v) is 19.6. The van der Waals surface area contributed by atoms with Gasteiger partial charge in [0.1, 0.15) is 0 Å². The van der Waals surface area contributed by atoms with E-state index in [0.29, 0.717) is 35.5 Å². The van der Waals surface area contributed by atoms with Crippen molar-refractivity contribution in [3.63, 3.8) is 0 Å². The summed E-state index contributed by atoms with van der Waals surface area (Å²) in [5.41, 5.74) is 3.25. The summed E-state index contributed by atoms with van der Waals surface area (Å²) in [5.74, 6) is 6.80. The number of aromatic carboxylic acids is 1. The third-order valence-electron chi connectivity index (χ3n) is 11.5. The predicted molar refractivity (Wildman–Crippen MR) is 130 cm³/mol. The average molecular weight is 441 g/mol. The van der Waals surface area contributed by atoms with Gasteiger partial charge in [-0.05, 0) is 151 Å². The topological polar surface area (TPSA) is 37.3 Å². The first-order chi connectivity index (χ1) is 16.1. The van der Waals surface area contributed by atoms with E-state index in [0.717, 1.165) is 29.2 Å². The van der Waals surface area contributed by atoms with Crippen LogP contribution in [0.15, 0.2) is 30.3 Å². The fourth-order valence-electron chi connectivity index (χ4n) is 11.1. The maximum absolute atomic E-state index is 13.2. The molecule has 2 aromatic rings. The Labute approximate surface area is 197 Å². The molecular weight excluding hydrogens is 404 g/mol. The van der Waals surface area contributed by atoms with Crippen LogP contribution in [-0.2, 0) is 0 Å². The van der Waals surface area contributed by atoms with Gasteiger partial charge in [-0.25, -0.2) is 4.79 Å². The number of carboxylic acid groups (broad SMARTS) is 1. The van der Waals surface area contributed by atoms with Crippen molar-refractivity contribution in [1.29, 1.82) is 0 Å². The smallest absolute Gasteiger partial charge is 0.336 e. The Hall–Kier alpha value is -1.83. The summed E-state index contributed by atoms with van der Waals surface area (Å²) in [6.07, 6.45) is 13.6. The molecule has 2 aromatic carbocycles. The van der Waals surface area contributed by atoms with Gasteiger partial charge < -0.3 is 5.11 Å². The summed E-state index contributed by atoms with van der Waals surface area (Å²) in [7, 11) is 0. The molecule has 0 amide bonds. The zero-order valence-electron chi connectivity index (χ0n) is 19.6. The van der Waals surface area contributed by atoms with Crippen molar-refractivity contribution < 1.29 is 9.90 Å². The first-order valence-electron chi connectivity index (χ1n) is 13.9. The third-order valence-corrected chi connectivity index (χ3v) is 11.5. The maximum atomic E-state index is 13.2. The highest BCUT2D eigenvalue weighted by molar-refractivity contribution is 6.00. The molecule has 2 nitrogen and oxygen atoms in total. The lowest BCUT2D eigenvalue weighted by molar-refractivity contribution is -0.00536. The molecule has 8 aliphatic carbocycles. The third kappa shape index (κ3) is 2.76. The first kappa shape index (κ1) is 19.5. The highest BCUT2D eigenvalue weighted by Gasteiger charge is 2.52. The SMILES string of the molecule is O=C(O)c1c(C2C3CC4CC(C3)CC2C4)cc2ccccc2c1C1C2CC3CC(C2)CC1C3. The first-order valence-corrected chi connectivity index (χ1v) is 13.9. The van der Waals surface area contributed by atoms with E-state index in [9.17, 15) is 9.90 Å². The molecule has 0 radical (unpaired) electrons. The van der Waals surface area contributed by atoms with Crippen LogP contribution in [0.25, 0.3) is 10.8 Å². The molecule has 172 valence electrons. The average Bonchev–Trinajstić information content (AvgIpc) is 2.77. The molecule has 33 heavy (non-hydrogen) atoms. The lowest BCUT2D eigenvalue weighted by Gasteiger charge is -2.56. The monoisotopic (exact) mass is 440 g/mol. The number of benzene rings is 2. The molecule has 0 spiro atoms. The molecule has 10 rings (SSSR count). The van der Waals surface area contributed by atoms with Crippen LogP contribution < -0.4 is 0 Å². The second-order valence-electron chi connectivity index (χ2n) is 13.2. The van der Waals surface area contributed by atoms with Gasteiger partial charge in [-0.3, -0.25) is 0 Å². The molecule has 0 atom stereocenters. The molecule has 0 heterocycles. The minimum absolute atomic E-state index is 0.464. The number of carboxylic acids is 1. The summed E-state index contributed by atoms with van der Waals surface area (Å²) < 4.78 is 0. The van der Waals surface area contributed by atoms with E-state index in [4.69, 9.17) is 0 Å². The summed E-state index contributed by atoms with van der Waals surface area (Å²) in [6.45, 7) is 0. The van der Waals surface area contributed by atoms with Crippen molar-refractivity contribution in [2.75, 3.05) is 0 Å². The molecule has 0 saturated heterocycles. The molecule has 0 aromatic heterocycles. The standard InChI is InChI=1S/C31H36O2/c32-31(33)30-26(27-21-7-16-5-17(9-21)10-22(27)8-16)15-20-3-1-2-4-25(20)29(30)28-23-11-18-6-19(13-23)14-24(28)12-18/h1-4,15-19,21-24,27-28H,5-14H2,(H,32,33). The molecular formula is C31H36O2. The van der Waals surface area contributed by atoms with Gasteiger partial charge in [-0.15, -0.1) is 0 Å². The molecule has 8 fully saturated rings. The van der Waals surface area contributed by atoms with Crippen LogP contribution in [0.5, 0.6) is 0 Å². The fraction of sp³-hybridized carbons (Fsp3) is 0.645. The van der Waals surface area contributed by atoms with E-state index in [2.05, 4.69) is 30.3 Å². The Balaban J connectivity index is 1.35. The van der Waals surface area contributed by atoms with E-state index < -0.39 is 5.97 Å². The van der Waals surface area contributed by atoms with Crippen LogP contribution in [0.1, 0.15) is 97.5 Å². The van der Waals surface area contributed by atoms with Crippen LogP contribution in [0.2, 0.25) is 0 Å². The normalized spacial score (nSPS) is 44.6. The van der Waals surface area contributed by atoms with Crippen molar-refractivity contribution in [2.24, 2.45) is 47.3 Å². The van der Waals surface area contributed by atoms with Crippen LogP contribution in [0, 0.1) is 47.3 Å². The second-order valence-corrected chi connectivity index (χ2v) is 13.2. The van der Waals surface area contributed by atoms with Crippen molar-refractivity contribution in [3.05, 3.63) is 47.0 Å². The number of carbonyl (C=O) groups is 1. The summed E-state index contributed by atoms with van der Waals surface area (Å²) in [5, 5.41) is 13.4. The predicted octanol–water partition coefficient (Wildman–Crippen LogP) is 7.62. The Bertz CT molecular complexity index is 1090. The van der Waals surface area contributed by atoms with Crippen molar-refractivity contribution in [2.45, 2.75) is 76.0 Å². The van der Waals surface area contributed by atoms with Gasteiger partial charge in [0.05, 0.1) is 5.56 Å². The lowest BCUT2D eigenvalue weighted by atomic mass is 9.49.